The number of hydrogen-bond donors (Lipinski definition) is 1. The molecule has 0 aromatic heterocycles. The molecule has 3 unspecified atom stereocenters. The second-order valence-electron chi connectivity index (χ2n) is 8.03. The Morgan fingerprint density at radius 3 is 2.11 bits per heavy atom. The van der Waals surface area contributed by atoms with Crippen LogP contribution in [-0.4, -0.2) is 31.3 Å². The lowest BCUT2D eigenvalue weighted by Gasteiger charge is -2.39. The monoisotopic (exact) mass is 364 g/mol. The van der Waals surface area contributed by atoms with Crippen molar-refractivity contribution in [1.29, 1.82) is 0 Å². The standard InChI is InChI=1S/C23H28N2O2/c1-24(18-9-5-3-6-10-18)22(26)20-16-13-14-17(15-16)21(20)23(27)25(2)19-11-7-4-8-12-19/h3-12,16-17,20-22,26H,13-15H2,1-2H3/t16-,17+,20?,21?,22?/m0/s1. The number of benzene rings is 2. The highest BCUT2D eigenvalue weighted by Gasteiger charge is 2.54. The number of carbonyl (C=O) groups is 1. The summed E-state index contributed by atoms with van der Waals surface area (Å²) in [4.78, 5) is 17.1. The summed E-state index contributed by atoms with van der Waals surface area (Å²) in [6.45, 7) is 0. The summed E-state index contributed by atoms with van der Waals surface area (Å²) in [5.74, 6) is 0.813. The van der Waals surface area contributed by atoms with Crippen LogP contribution in [-0.2, 0) is 4.79 Å². The van der Waals surface area contributed by atoms with Crippen molar-refractivity contribution in [2.45, 2.75) is 25.5 Å². The predicted octanol–water partition coefficient (Wildman–Crippen LogP) is 3.77. The van der Waals surface area contributed by atoms with E-state index in [9.17, 15) is 9.90 Å². The molecular formula is C23H28N2O2. The predicted molar refractivity (Wildman–Crippen MR) is 109 cm³/mol. The highest BCUT2D eigenvalue weighted by Crippen LogP contribution is 2.54. The second-order valence-corrected chi connectivity index (χ2v) is 8.03. The summed E-state index contributed by atoms with van der Waals surface area (Å²) in [5.41, 5.74) is 1.89. The van der Waals surface area contributed by atoms with E-state index in [1.165, 1.54) is 0 Å². The first-order chi connectivity index (χ1) is 13.1. The molecule has 0 heterocycles. The van der Waals surface area contributed by atoms with Crippen LogP contribution < -0.4 is 9.80 Å². The molecule has 2 saturated carbocycles. The Labute approximate surface area is 161 Å². The average molecular weight is 364 g/mol. The van der Waals surface area contributed by atoms with Gasteiger partial charge in [0.05, 0.1) is 0 Å². The first-order valence-corrected chi connectivity index (χ1v) is 9.86. The van der Waals surface area contributed by atoms with E-state index in [4.69, 9.17) is 0 Å². The molecule has 0 radical (unpaired) electrons. The first-order valence-electron chi connectivity index (χ1n) is 9.86. The maximum absolute atomic E-state index is 13.4. The summed E-state index contributed by atoms with van der Waals surface area (Å²) in [6.07, 6.45) is 2.62. The quantitative estimate of drug-likeness (QED) is 0.822. The van der Waals surface area contributed by atoms with Crippen LogP contribution in [0.2, 0.25) is 0 Å². The van der Waals surface area contributed by atoms with Gasteiger partial charge in [0.25, 0.3) is 0 Å². The first kappa shape index (κ1) is 18.1. The van der Waals surface area contributed by atoms with Crippen molar-refractivity contribution < 1.29 is 9.90 Å². The molecule has 4 nitrogen and oxygen atoms in total. The largest absolute Gasteiger partial charge is 0.373 e. The lowest BCUT2D eigenvalue weighted by molar-refractivity contribution is -0.127. The summed E-state index contributed by atoms with van der Waals surface area (Å²) in [5, 5.41) is 11.2. The fraction of sp³-hybridized carbons (Fsp3) is 0.435. The third kappa shape index (κ3) is 3.23. The molecule has 2 aromatic carbocycles. The molecule has 27 heavy (non-hydrogen) atoms. The van der Waals surface area contributed by atoms with Crippen molar-refractivity contribution in [1.82, 2.24) is 0 Å². The van der Waals surface area contributed by atoms with E-state index in [1.807, 2.05) is 79.7 Å². The number of amides is 1. The van der Waals surface area contributed by atoms with Crippen LogP contribution in [0.25, 0.3) is 0 Å². The second kappa shape index (κ2) is 7.35. The topological polar surface area (TPSA) is 43.8 Å². The number of carbonyl (C=O) groups excluding carboxylic acids is 1. The molecule has 2 aliphatic carbocycles. The zero-order valence-electron chi connectivity index (χ0n) is 16.0. The number of hydrogen-bond acceptors (Lipinski definition) is 3. The van der Waals surface area contributed by atoms with E-state index in [-0.39, 0.29) is 17.7 Å². The van der Waals surface area contributed by atoms with Gasteiger partial charge in [0, 0.05) is 37.3 Å². The maximum Gasteiger partial charge on any atom is 0.230 e. The fourth-order valence-electron chi connectivity index (χ4n) is 5.21. The van der Waals surface area contributed by atoms with Crippen LogP contribution in [0, 0.1) is 23.7 Å². The van der Waals surface area contributed by atoms with Crippen LogP contribution in [0.3, 0.4) is 0 Å². The van der Waals surface area contributed by atoms with Gasteiger partial charge in [-0.15, -0.1) is 0 Å². The molecule has 4 heteroatoms. The number of aliphatic hydroxyl groups excluding tert-OH is 1. The van der Waals surface area contributed by atoms with Crippen molar-refractivity contribution in [3.05, 3.63) is 60.7 Å². The van der Waals surface area contributed by atoms with E-state index in [0.29, 0.717) is 11.8 Å². The van der Waals surface area contributed by atoms with Crippen molar-refractivity contribution in [2.75, 3.05) is 23.9 Å². The van der Waals surface area contributed by atoms with Gasteiger partial charge < -0.3 is 14.9 Å². The molecule has 0 spiro atoms. The SMILES string of the molecule is CN(C(=O)C1C(C(O)N(C)c2ccccc2)[C@H]2CC[C@@H]1C2)c1ccccc1. The summed E-state index contributed by atoms with van der Waals surface area (Å²) in [6, 6.07) is 19.7. The summed E-state index contributed by atoms with van der Waals surface area (Å²) >= 11 is 0. The third-order valence-electron chi connectivity index (χ3n) is 6.64. The van der Waals surface area contributed by atoms with Crippen LogP contribution >= 0.6 is 0 Å². The number of aliphatic hydroxyl groups is 1. The molecule has 2 bridgehead atoms. The molecule has 1 amide bonds. The van der Waals surface area contributed by atoms with E-state index < -0.39 is 6.23 Å². The Balaban J connectivity index is 1.58. The Hall–Kier alpha value is -2.33. The number of fused-ring (bicyclic) bond motifs is 2. The van der Waals surface area contributed by atoms with Gasteiger partial charge >= 0.3 is 0 Å². The smallest absolute Gasteiger partial charge is 0.230 e. The van der Waals surface area contributed by atoms with E-state index in [0.717, 1.165) is 30.6 Å². The van der Waals surface area contributed by atoms with E-state index >= 15 is 0 Å². The zero-order valence-corrected chi connectivity index (χ0v) is 16.0. The lowest BCUT2D eigenvalue weighted by Crippen LogP contribution is -2.48. The molecule has 2 aliphatic rings. The highest BCUT2D eigenvalue weighted by atomic mass is 16.3. The van der Waals surface area contributed by atoms with Gasteiger partial charge in [-0.2, -0.15) is 0 Å². The van der Waals surface area contributed by atoms with Gasteiger partial charge in [0.15, 0.2) is 0 Å². The van der Waals surface area contributed by atoms with Crippen LogP contribution in [0.1, 0.15) is 19.3 Å². The minimum Gasteiger partial charge on any atom is -0.373 e. The minimum atomic E-state index is -0.652. The molecule has 0 aliphatic heterocycles. The van der Waals surface area contributed by atoms with Crippen molar-refractivity contribution in [2.24, 2.45) is 23.7 Å². The van der Waals surface area contributed by atoms with Gasteiger partial charge in [-0.05, 0) is 55.4 Å². The van der Waals surface area contributed by atoms with Crippen molar-refractivity contribution in [3.63, 3.8) is 0 Å². The number of anilines is 2. The molecule has 1 N–H and O–H groups in total. The molecule has 142 valence electrons. The van der Waals surface area contributed by atoms with Crippen molar-refractivity contribution >= 4 is 17.3 Å². The number of para-hydroxylation sites is 2. The third-order valence-corrected chi connectivity index (χ3v) is 6.64. The van der Waals surface area contributed by atoms with Gasteiger partial charge in [0.1, 0.15) is 6.23 Å². The molecule has 2 fully saturated rings. The lowest BCUT2D eigenvalue weighted by atomic mass is 9.77. The number of nitrogens with zero attached hydrogens (tertiary/aromatic N) is 2. The maximum atomic E-state index is 13.4. The van der Waals surface area contributed by atoms with Gasteiger partial charge in [-0.1, -0.05) is 36.4 Å². The Morgan fingerprint density at radius 1 is 0.926 bits per heavy atom. The Kier molecular flexibility index (Phi) is 4.92. The van der Waals surface area contributed by atoms with Gasteiger partial charge in [-0.25, -0.2) is 0 Å². The molecule has 4 rings (SSSR count). The molecule has 5 atom stereocenters. The minimum absolute atomic E-state index is 0.0207. The zero-order chi connectivity index (χ0) is 19.0. The summed E-state index contributed by atoms with van der Waals surface area (Å²) in [7, 11) is 3.78. The molecule has 2 aromatic rings. The van der Waals surface area contributed by atoms with Crippen LogP contribution in [0.5, 0.6) is 0 Å². The van der Waals surface area contributed by atoms with E-state index in [1.54, 1.807) is 4.90 Å². The highest BCUT2D eigenvalue weighted by molar-refractivity contribution is 5.95. The Morgan fingerprint density at radius 2 is 1.48 bits per heavy atom. The van der Waals surface area contributed by atoms with Gasteiger partial charge in [0.2, 0.25) is 5.91 Å². The van der Waals surface area contributed by atoms with E-state index in [2.05, 4.69) is 0 Å². The molecular weight excluding hydrogens is 336 g/mol. The Bertz CT molecular complexity index is 779. The summed E-state index contributed by atoms with van der Waals surface area (Å²) < 4.78 is 0. The molecule has 0 saturated heterocycles. The van der Waals surface area contributed by atoms with Crippen LogP contribution in [0.4, 0.5) is 11.4 Å². The fourth-order valence-corrected chi connectivity index (χ4v) is 5.21. The normalized spacial score (nSPS) is 27.4. The van der Waals surface area contributed by atoms with Gasteiger partial charge in [-0.3, -0.25) is 4.79 Å². The number of rotatable bonds is 5. The average Bonchev–Trinajstić information content (AvgIpc) is 3.34. The van der Waals surface area contributed by atoms with Crippen LogP contribution in [0.15, 0.2) is 60.7 Å². The van der Waals surface area contributed by atoms with Crippen molar-refractivity contribution in [3.8, 4) is 0 Å².